The average molecular weight is 309 g/mol. The number of aliphatic hydroxyl groups excluding tert-OH is 1. The highest BCUT2D eigenvalue weighted by Gasteiger charge is 2.16. The first kappa shape index (κ1) is 15.5. The van der Waals surface area contributed by atoms with Crippen molar-refractivity contribution in [3.63, 3.8) is 0 Å². The van der Waals surface area contributed by atoms with E-state index in [0.29, 0.717) is 5.69 Å². The molecule has 0 radical (unpaired) electrons. The van der Waals surface area contributed by atoms with Crippen molar-refractivity contribution >= 4 is 15.7 Å². The molecule has 0 aliphatic heterocycles. The second-order valence-electron chi connectivity index (χ2n) is 4.57. The Hall–Kier alpha value is -1.92. The number of anilines is 1. The minimum absolute atomic E-state index is 0.0554. The van der Waals surface area contributed by atoms with Gasteiger partial charge in [0.15, 0.2) is 0 Å². The highest BCUT2D eigenvalue weighted by Crippen LogP contribution is 2.20. The molecule has 0 aliphatic rings. The molecule has 0 amide bonds. The standard InChI is InChI=1S/C15H16FNO3S/c1-2-11-4-3-5-13(8-11)17-21(19,20)14-6-7-15(16)12(9-14)10-18/h3-9,17-18H,2,10H2,1H3. The Morgan fingerprint density at radius 2 is 1.95 bits per heavy atom. The molecule has 4 nitrogen and oxygen atoms in total. The summed E-state index contributed by atoms with van der Waals surface area (Å²) >= 11 is 0. The molecule has 0 saturated heterocycles. The minimum Gasteiger partial charge on any atom is -0.392 e. The molecule has 0 fully saturated rings. The molecule has 2 N–H and O–H groups in total. The van der Waals surface area contributed by atoms with E-state index in [1.807, 2.05) is 13.0 Å². The molecular formula is C15H16FNO3S. The van der Waals surface area contributed by atoms with E-state index < -0.39 is 22.4 Å². The summed E-state index contributed by atoms with van der Waals surface area (Å²) in [6.45, 7) is 1.42. The van der Waals surface area contributed by atoms with Gasteiger partial charge in [-0.3, -0.25) is 4.72 Å². The molecular weight excluding hydrogens is 293 g/mol. The van der Waals surface area contributed by atoms with E-state index in [1.54, 1.807) is 18.2 Å². The molecule has 0 atom stereocenters. The third-order valence-electron chi connectivity index (χ3n) is 3.09. The summed E-state index contributed by atoms with van der Waals surface area (Å²) in [5.74, 6) is -0.635. The molecule has 2 aromatic rings. The lowest BCUT2D eigenvalue weighted by Gasteiger charge is -2.10. The number of aliphatic hydroxyl groups is 1. The number of hydrogen-bond acceptors (Lipinski definition) is 3. The fraction of sp³-hybridized carbons (Fsp3) is 0.200. The predicted molar refractivity (Wildman–Crippen MR) is 79.0 cm³/mol. The number of nitrogens with one attached hydrogen (secondary N) is 1. The molecule has 0 saturated carbocycles. The van der Waals surface area contributed by atoms with Crippen LogP contribution in [-0.4, -0.2) is 13.5 Å². The quantitative estimate of drug-likeness (QED) is 0.892. The molecule has 112 valence electrons. The van der Waals surface area contributed by atoms with Gasteiger partial charge in [-0.05, 0) is 42.3 Å². The predicted octanol–water partition coefficient (Wildman–Crippen LogP) is 2.68. The zero-order chi connectivity index (χ0) is 15.5. The van der Waals surface area contributed by atoms with Crippen LogP contribution in [0.2, 0.25) is 0 Å². The lowest BCUT2D eigenvalue weighted by molar-refractivity contribution is 0.275. The van der Waals surface area contributed by atoms with Gasteiger partial charge >= 0.3 is 0 Å². The van der Waals surface area contributed by atoms with Crippen molar-refractivity contribution in [1.29, 1.82) is 0 Å². The van der Waals surface area contributed by atoms with Gasteiger partial charge in [-0.2, -0.15) is 0 Å². The van der Waals surface area contributed by atoms with Crippen LogP contribution < -0.4 is 4.72 Å². The van der Waals surface area contributed by atoms with E-state index in [1.165, 1.54) is 6.07 Å². The molecule has 0 unspecified atom stereocenters. The number of benzene rings is 2. The summed E-state index contributed by atoms with van der Waals surface area (Å²) in [6, 6.07) is 10.4. The fourth-order valence-electron chi connectivity index (χ4n) is 1.91. The van der Waals surface area contributed by atoms with Crippen LogP contribution in [0.15, 0.2) is 47.4 Å². The Kier molecular flexibility index (Phi) is 4.59. The van der Waals surface area contributed by atoms with Crippen molar-refractivity contribution in [3.8, 4) is 0 Å². The topological polar surface area (TPSA) is 66.4 Å². The third-order valence-corrected chi connectivity index (χ3v) is 4.46. The fourth-order valence-corrected chi connectivity index (χ4v) is 3.01. The Morgan fingerprint density at radius 3 is 2.62 bits per heavy atom. The first-order valence-electron chi connectivity index (χ1n) is 6.47. The maximum absolute atomic E-state index is 13.3. The molecule has 0 bridgehead atoms. The van der Waals surface area contributed by atoms with Crippen LogP contribution in [0.1, 0.15) is 18.1 Å². The van der Waals surface area contributed by atoms with Gasteiger partial charge in [0.2, 0.25) is 0 Å². The van der Waals surface area contributed by atoms with Crippen molar-refractivity contribution in [1.82, 2.24) is 0 Å². The molecule has 0 spiro atoms. The molecule has 2 aromatic carbocycles. The van der Waals surface area contributed by atoms with Crippen LogP contribution in [0.3, 0.4) is 0 Å². The second kappa shape index (κ2) is 6.24. The lowest BCUT2D eigenvalue weighted by atomic mass is 10.1. The smallest absolute Gasteiger partial charge is 0.261 e. The monoisotopic (exact) mass is 309 g/mol. The van der Waals surface area contributed by atoms with Crippen LogP contribution in [0, 0.1) is 5.82 Å². The van der Waals surface area contributed by atoms with Gasteiger partial charge in [0.25, 0.3) is 10.0 Å². The number of halogens is 1. The van der Waals surface area contributed by atoms with Crippen LogP contribution in [0.5, 0.6) is 0 Å². The molecule has 0 aliphatic carbocycles. The number of hydrogen-bond donors (Lipinski definition) is 2. The largest absolute Gasteiger partial charge is 0.392 e. The van der Waals surface area contributed by atoms with Gasteiger partial charge in [0.05, 0.1) is 11.5 Å². The van der Waals surface area contributed by atoms with Crippen LogP contribution in [0.25, 0.3) is 0 Å². The van der Waals surface area contributed by atoms with Crippen molar-refractivity contribution in [2.24, 2.45) is 0 Å². The van der Waals surface area contributed by atoms with Gasteiger partial charge in [0.1, 0.15) is 5.82 Å². The summed E-state index contributed by atoms with van der Waals surface area (Å²) in [6.07, 6.45) is 0.792. The third kappa shape index (κ3) is 3.59. The molecule has 21 heavy (non-hydrogen) atoms. The Morgan fingerprint density at radius 1 is 1.19 bits per heavy atom. The van der Waals surface area contributed by atoms with Crippen molar-refractivity contribution in [2.75, 3.05) is 4.72 Å². The van der Waals surface area contributed by atoms with Crippen molar-refractivity contribution in [2.45, 2.75) is 24.8 Å². The summed E-state index contributed by atoms with van der Waals surface area (Å²) in [7, 11) is -3.82. The van der Waals surface area contributed by atoms with E-state index in [9.17, 15) is 12.8 Å². The first-order valence-corrected chi connectivity index (χ1v) is 7.95. The normalized spacial score (nSPS) is 11.4. The Labute approximate surface area is 123 Å². The molecule has 2 rings (SSSR count). The first-order chi connectivity index (χ1) is 9.96. The van der Waals surface area contributed by atoms with Gasteiger partial charge in [-0.1, -0.05) is 19.1 Å². The van der Waals surface area contributed by atoms with Gasteiger partial charge in [-0.15, -0.1) is 0 Å². The van der Waals surface area contributed by atoms with E-state index in [4.69, 9.17) is 5.11 Å². The summed E-state index contributed by atoms with van der Waals surface area (Å²) in [4.78, 5) is -0.0881. The Bertz CT molecular complexity index is 744. The highest BCUT2D eigenvalue weighted by atomic mass is 32.2. The van der Waals surface area contributed by atoms with Crippen LogP contribution >= 0.6 is 0 Å². The average Bonchev–Trinajstić information content (AvgIpc) is 2.47. The van der Waals surface area contributed by atoms with Crippen LogP contribution in [-0.2, 0) is 23.1 Å². The summed E-state index contributed by atoms with van der Waals surface area (Å²) < 4.78 is 40.3. The van der Waals surface area contributed by atoms with Crippen LogP contribution in [0.4, 0.5) is 10.1 Å². The molecule has 0 heterocycles. The maximum Gasteiger partial charge on any atom is 0.261 e. The number of aryl methyl sites for hydroxylation is 1. The number of rotatable bonds is 5. The summed E-state index contributed by atoms with van der Waals surface area (Å²) in [5.41, 5.74) is 1.40. The summed E-state index contributed by atoms with van der Waals surface area (Å²) in [5, 5.41) is 9.01. The maximum atomic E-state index is 13.3. The van der Waals surface area contributed by atoms with E-state index >= 15 is 0 Å². The van der Waals surface area contributed by atoms with Gasteiger partial charge in [-0.25, -0.2) is 12.8 Å². The molecule has 0 aromatic heterocycles. The van der Waals surface area contributed by atoms with Crippen molar-refractivity contribution < 1.29 is 17.9 Å². The SMILES string of the molecule is CCc1cccc(NS(=O)(=O)c2ccc(F)c(CO)c2)c1. The minimum atomic E-state index is -3.82. The van der Waals surface area contributed by atoms with Gasteiger partial charge in [0, 0.05) is 11.3 Å². The lowest BCUT2D eigenvalue weighted by Crippen LogP contribution is -2.13. The number of sulfonamides is 1. The zero-order valence-electron chi connectivity index (χ0n) is 11.5. The zero-order valence-corrected chi connectivity index (χ0v) is 12.3. The van der Waals surface area contributed by atoms with E-state index in [-0.39, 0.29) is 10.5 Å². The highest BCUT2D eigenvalue weighted by molar-refractivity contribution is 7.92. The van der Waals surface area contributed by atoms with Gasteiger partial charge < -0.3 is 5.11 Å². The molecule has 6 heteroatoms. The van der Waals surface area contributed by atoms with Crippen molar-refractivity contribution in [3.05, 3.63) is 59.4 Å². The van der Waals surface area contributed by atoms with E-state index in [2.05, 4.69) is 4.72 Å². The van der Waals surface area contributed by atoms with E-state index in [0.717, 1.165) is 24.1 Å². The Balaban J connectivity index is 2.33. The second-order valence-corrected chi connectivity index (χ2v) is 6.25.